The molecule has 2 aliphatic heterocycles. The van der Waals surface area contributed by atoms with Crippen LogP contribution >= 0.6 is 0 Å². The Morgan fingerprint density at radius 3 is 1.84 bits per heavy atom. The number of fused-ring (bicyclic) bond motifs is 17. The maximum absolute atomic E-state index is 7.66. The van der Waals surface area contributed by atoms with Gasteiger partial charge in [0, 0.05) is 95.3 Å². The summed E-state index contributed by atoms with van der Waals surface area (Å²) in [6.07, 6.45) is 11.0. The van der Waals surface area contributed by atoms with Crippen LogP contribution in [-0.2, 0) is 11.8 Å². The van der Waals surface area contributed by atoms with E-state index in [1.807, 2.05) is 0 Å². The number of para-hydroxylation sites is 4. The molecule has 19 rings (SSSR count). The van der Waals surface area contributed by atoms with E-state index in [0.717, 1.165) is 152 Å². The quantitative estimate of drug-likeness (QED) is 0.123. The fraction of sp³-hybridized carbons (Fsp3) is 0.0714. The maximum atomic E-state index is 7.66. The highest BCUT2D eigenvalue weighted by atomic mass is 16.5. The van der Waals surface area contributed by atoms with Crippen LogP contribution in [0.2, 0.25) is 0 Å². The smallest absolute Gasteiger partial charge is 0.256 e. The second kappa shape index (κ2) is 19.6. The van der Waals surface area contributed by atoms with Crippen LogP contribution in [0.4, 0.5) is 17.1 Å². The van der Waals surface area contributed by atoms with Gasteiger partial charge >= 0.3 is 0 Å². The van der Waals surface area contributed by atoms with Crippen molar-refractivity contribution >= 4 is 123 Å². The Bertz CT molecular complexity index is 5760. The van der Waals surface area contributed by atoms with Gasteiger partial charge in [-0.05, 0) is 141 Å². The summed E-state index contributed by atoms with van der Waals surface area (Å²) in [5.41, 5.74) is 25.8. The second-order valence-electron chi connectivity index (χ2n) is 25.8. The number of rotatable bonds is 6. The molecule has 1 aliphatic carbocycles. The first kappa shape index (κ1) is 51.7. The number of allylic oxidation sites excluding steroid dienone is 3. The van der Waals surface area contributed by atoms with Gasteiger partial charge in [-0.3, -0.25) is 0 Å². The summed E-state index contributed by atoms with van der Waals surface area (Å²) in [5, 5.41) is 7.83. The Hall–Kier alpha value is -11.3. The number of benzene rings is 12. The van der Waals surface area contributed by atoms with Crippen molar-refractivity contribution < 1.29 is 13.6 Å². The average Bonchev–Trinajstić information content (AvgIpc) is 1.73. The minimum Gasteiger partial charge on any atom is -0.458 e. The second-order valence-corrected chi connectivity index (χ2v) is 25.8. The standard InChI is InChI=1S/C84H58BN3O3/c1-84(2,3)55-36-41-72(64(48-55)52-23-10-7-11-24-52)88-73-49-56(86-68-31-13-5-4-12-25-59(68)60-26-14-17-32-69(60)86)37-39-66(73)85-67-40-38-57(87-70-33-18-15-27-61(70)62-28-16-19-34-71(62)87)50-78(67)90-79-47-54(46-74(88)82(79)85)58-29-20-30-63-80-77(91-83(58)63)44-43-76-81(80)65-45-53(35-42-75(65)89-76)51-21-8-6-9-22-51/h5-30,32-50H,4,31H2,1-3H3/b13-5-,25-12-. The van der Waals surface area contributed by atoms with E-state index in [1.165, 1.54) is 44.0 Å². The number of ether oxygens (including phenoxy) is 1. The molecule has 0 saturated carbocycles. The Balaban J connectivity index is 0.899. The van der Waals surface area contributed by atoms with Gasteiger partial charge in [-0.25, -0.2) is 0 Å². The van der Waals surface area contributed by atoms with Crippen LogP contribution in [0.3, 0.4) is 0 Å². The molecule has 6 nitrogen and oxygen atoms in total. The van der Waals surface area contributed by atoms with Crippen molar-refractivity contribution in [2.75, 3.05) is 4.90 Å². The Kier molecular flexibility index (Phi) is 11.2. The summed E-state index contributed by atoms with van der Waals surface area (Å²) in [6, 6.07) is 91.1. The number of aromatic nitrogens is 2. The van der Waals surface area contributed by atoms with Gasteiger partial charge in [0.05, 0.1) is 22.2 Å². The highest BCUT2D eigenvalue weighted by Crippen LogP contribution is 2.50. The predicted molar refractivity (Wildman–Crippen MR) is 380 cm³/mol. The molecule has 3 aliphatic rings. The van der Waals surface area contributed by atoms with Gasteiger partial charge in [0.25, 0.3) is 6.71 Å². The molecule has 430 valence electrons. The number of hydrogen-bond donors (Lipinski definition) is 0. The molecule has 0 N–H and O–H groups in total. The fourth-order valence-corrected chi connectivity index (χ4v) is 15.4. The van der Waals surface area contributed by atoms with Gasteiger partial charge in [-0.2, -0.15) is 0 Å². The zero-order valence-electron chi connectivity index (χ0n) is 50.5. The SMILES string of the molecule is CC(C)(C)c1ccc(N2c3cc(-n4c5c(c6ccccc64)/C=C\C/C=C\C5)ccc3B3c4ccc(-n5c6ccccc6c6ccccc65)cc4Oc4cc(-c5cccc6c5oc5ccc7oc8ccc(-c9ccccc9)cc8c7c56)cc2c43)c(-c2ccccc2)c1. The van der Waals surface area contributed by atoms with E-state index in [0.29, 0.717) is 0 Å². The molecule has 12 aromatic carbocycles. The third-order valence-electron chi connectivity index (χ3n) is 19.6. The zero-order valence-corrected chi connectivity index (χ0v) is 50.5. The van der Waals surface area contributed by atoms with Gasteiger partial charge in [0.2, 0.25) is 0 Å². The van der Waals surface area contributed by atoms with E-state index >= 15 is 0 Å². The number of furan rings is 2. The lowest BCUT2D eigenvalue weighted by Crippen LogP contribution is -2.59. The van der Waals surface area contributed by atoms with Crippen molar-refractivity contribution in [3.8, 4) is 56.3 Å². The minimum atomic E-state index is -0.206. The summed E-state index contributed by atoms with van der Waals surface area (Å²) in [7, 11) is 0. The lowest BCUT2D eigenvalue weighted by atomic mass is 9.34. The van der Waals surface area contributed by atoms with Crippen molar-refractivity contribution in [2.24, 2.45) is 0 Å². The van der Waals surface area contributed by atoms with Crippen LogP contribution in [0.15, 0.2) is 276 Å². The Morgan fingerprint density at radius 1 is 0.407 bits per heavy atom. The van der Waals surface area contributed by atoms with Crippen molar-refractivity contribution in [1.82, 2.24) is 9.13 Å². The summed E-state index contributed by atoms with van der Waals surface area (Å²) >= 11 is 0. The first-order valence-corrected chi connectivity index (χ1v) is 31.7. The van der Waals surface area contributed by atoms with E-state index in [1.54, 1.807) is 0 Å². The van der Waals surface area contributed by atoms with Crippen LogP contribution < -0.4 is 26.0 Å². The topological polar surface area (TPSA) is 48.6 Å². The van der Waals surface area contributed by atoms with E-state index in [9.17, 15) is 0 Å². The molecular formula is C84H58BN3O3. The summed E-state index contributed by atoms with van der Waals surface area (Å²) in [4.78, 5) is 2.56. The Labute approximate surface area is 526 Å². The summed E-state index contributed by atoms with van der Waals surface area (Å²) < 4.78 is 26.5. The molecule has 0 radical (unpaired) electrons. The zero-order chi connectivity index (χ0) is 60.2. The van der Waals surface area contributed by atoms with E-state index in [-0.39, 0.29) is 12.1 Å². The average molecular weight is 1170 g/mol. The lowest BCUT2D eigenvalue weighted by Gasteiger charge is -2.41. The van der Waals surface area contributed by atoms with E-state index in [4.69, 9.17) is 13.6 Å². The fourth-order valence-electron chi connectivity index (χ4n) is 15.4. The molecule has 0 saturated heterocycles. The molecule has 0 bridgehead atoms. The van der Waals surface area contributed by atoms with Crippen LogP contribution in [0.1, 0.15) is 44.0 Å². The molecule has 0 fully saturated rings. The van der Waals surface area contributed by atoms with Crippen molar-refractivity contribution in [2.45, 2.75) is 39.0 Å². The summed E-state index contributed by atoms with van der Waals surface area (Å²) in [6.45, 7) is 6.72. The van der Waals surface area contributed by atoms with Crippen LogP contribution in [0.25, 0.3) is 127 Å². The van der Waals surface area contributed by atoms with Crippen LogP contribution in [-0.4, -0.2) is 15.8 Å². The Morgan fingerprint density at radius 2 is 1.07 bits per heavy atom. The molecule has 16 aromatic rings. The summed E-state index contributed by atoms with van der Waals surface area (Å²) in [5.74, 6) is 1.63. The molecule has 0 unspecified atom stereocenters. The normalized spacial score (nSPS) is 14.2. The molecule has 6 heterocycles. The third kappa shape index (κ3) is 7.80. The van der Waals surface area contributed by atoms with Crippen LogP contribution in [0, 0.1) is 0 Å². The van der Waals surface area contributed by atoms with Crippen molar-refractivity contribution in [1.29, 1.82) is 0 Å². The largest absolute Gasteiger partial charge is 0.458 e. The first-order valence-electron chi connectivity index (χ1n) is 31.7. The molecule has 7 heteroatoms. The van der Waals surface area contributed by atoms with Gasteiger partial charge in [-0.1, -0.05) is 203 Å². The molecule has 0 spiro atoms. The molecule has 91 heavy (non-hydrogen) atoms. The molecule has 0 amide bonds. The van der Waals surface area contributed by atoms with Crippen molar-refractivity contribution in [3.05, 3.63) is 284 Å². The van der Waals surface area contributed by atoms with Gasteiger partial charge in [0.1, 0.15) is 33.8 Å². The van der Waals surface area contributed by atoms with E-state index < -0.39 is 0 Å². The van der Waals surface area contributed by atoms with Gasteiger partial charge in [-0.15, -0.1) is 0 Å². The minimum absolute atomic E-state index is 0.117. The molecular weight excluding hydrogens is 1110 g/mol. The lowest BCUT2D eigenvalue weighted by molar-refractivity contribution is 0.487. The van der Waals surface area contributed by atoms with Gasteiger partial charge in [0.15, 0.2) is 0 Å². The monoisotopic (exact) mass is 1170 g/mol. The third-order valence-corrected chi connectivity index (χ3v) is 19.6. The highest BCUT2D eigenvalue weighted by molar-refractivity contribution is 6.99. The maximum Gasteiger partial charge on any atom is 0.256 e. The molecule has 4 aromatic heterocycles. The van der Waals surface area contributed by atoms with Crippen molar-refractivity contribution in [3.63, 3.8) is 0 Å². The number of anilines is 3. The van der Waals surface area contributed by atoms with E-state index in [2.05, 4.69) is 308 Å². The first-order chi connectivity index (χ1) is 44.8. The molecule has 0 atom stereocenters. The predicted octanol–water partition coefficient (Wildman–Crippen LogP) is 20.7. The number of nitrogens with zero attached hydrogens (tertiary/aromatic N) is 3. The van der Waals surface area contributed by atoms with Crippen LogP contribution in [0.5, 0.6) is 11.5 Å². The van der Waals surface area contributed by atoms with Gasteiger partial charge < -0.3 is 27.6 Å². The highest BCUT2D eigenvalue weighted by Gasteiger charge is 2.44. The number of hydrogen-bond acceptors (Lipinski definition) is 4.